The molecule has 1 heterocycles. The summed E-state index contributed by atoms with van der Waals surface area (Å²) in [6.45, 7) is 0.887. The normalized spacial score (nSPS) is 24.0. The number of hydrogen-bond donors (Lipinski definition) is 1. The van der Waals surface area contributed by atoms with Crippen LogP contribution < -0.4 is 4.74 Å². The predicted octanol–water partition coefficient (Wildman–Crippen LogP) is 6.46. The van der Waals surface area contributed by atoms with E-state index in [0.717, 1.165) is 29.2 Å². The number of carboxylic acid groups (broad SMARTS) is 1. The van der Waals surface area contributed by atoms with E-state index in [0.29, 0.717) is 37.2 Å². The lowest BCUT2D eigenvalue weighted by Crippen LogP contribution is -2.48. The van der Waals surface area contributed by atoms with Crippen LogP contribution in [0.4, 0.5) is 4.39 Å². The Morgan fingerprint density at radius 2 is 1.61 bits per heavy atom. The lowest BCUT2D eigenvalue weighted by Gasteiger charge is -2.44. The molecule has 0 bridgehead atoms. The second kappa shape index (κ2) is 8.77. The first-order chi connectivity index (χ1) is 17.5. The Balaban J connectivity index is 1.45. The largest absolute Gasteiger partial charge is 0.481 e. The first-order valence-electron chi connectivity index (χ1n) is 12.7. The Morgan fingerprint density at radius 3 is 2.28 bits per heavy atom. The minimum atomic E-state index is -1.09. The molecule has 2 aliphatic carbocycles. The summed E-state index contributed by atoms with van der Waals surface area (Å²) in [5.41, 5.74) is 0.789. The molecule has 0 amide bonds. The number of imidazole rings is 1. The maximum Gasteiger partial charge on any atom is 0.314 e. The maximum absolute atomic E-state index is 13.6. The molecule has 0 aliphatic heterocycles. The van der Waals surface area contributed by atoms with Crippen LogP contribution in [0, 0.1) is 11.7 Å². The van der Waals surface area contributed by atoms with E-state index in [-0.39, 0.29) is 5.82 Å². The van der Waals surface area contributed by atoms with Crippen LogP contribution in [-0.2, 0) is 22.4 Å². The molecule has 2 aliphatic rings. The first-order valence-corrected chi connectivity index (χ1v) is 12.7. The van der Waals surface area contributed by atoms with Gasteiger partial charge in [-0.25, -0.2) is 9.37 Å². The van der Waals surface area contributed by atoms with Gasteiger partial charge in [0.05, 0.1) is 16.4 Å². The summed E-state index contributed by atoms with van der Waals surface area (Å²) in [4.78, 5) is 17.8. The van der Waals surface area contributed by atoms with Gasteiger partial charge in [-0.15, -0.1) is 0 Å². The van der Waals surface area contributed by atoms with E-state index in [2.05, 4.69) is 10.6 Å². The topological polar surface area (TPSA) is 64.3 Å². The number of carbonyl (C=O) groups is 1. The van der Waals surface area contributed by atoms with Crippen LogP contribution in [-0.4, -0.2) is 20.6 Å². The zero-order chi connectivity index (χ0) is 24.8. The molecule has 0 spiro atoms. The average Bonchev–Trinajstić information content (AvgIpc) is 3.64. The van der Waals surface area contributed by atoms with Gasteiger partial charge in [-0.3, -0.25) is 4.79 Å². The second-order valence-electron chi connectivity index (χ2n) is 10.3. The highest BCUT2D eigenvalue weighted by molar-refractivity contribution is 5.82. The molecule has 0 radical (unpaired) electrons. The molecule has 1 aromatic heterocycles. The van der Waals surface area contributed by atoms with Gasteiger partial charge >= 0.3 is 5.97 Å². The number of aromatic nitrogens is 2. The smallest absolute Gasteiger partial charge is 0.314 e. The summed E-state index contributed by atoms with van der Waals surface area (Å²) in [7, 11) is 0. The average molecular weight is 485 g/mol. The van der Waals surface area contributed by atoms with Gasteiger partial charge in [0.25, 0.3) is 0 Å². The van der Waals surface area contributed by atoms with E-state index >= 15 is 0 Å². The summed E-state index contributed by atoms with van der Waals surface area (Å²) in [6, 6.07) is 23.8. The quantitative estimate of drug-likeness (QED) is 0.327. The Hall–Kier alpha value is -3.67. The fourth-order valence-corrected chi connectivity index (χ4v) is 5.73. The molecular weight excluding hydrogens is 455 g/mol. The van der Waals surface area contributed by atoms with Gasteiger partial charge in [-0.1, -0.05) is 42.5 Å². The van der Waals surface area contributed by atoms with Gasteiger partial charge in [-0.2, -0.15) is 0 Å². The van der Waals surface area contributed by atoms with E-state index in [4.69, 9.17) is 9.72 Å². The van der Waals surface area contributed by atoms with E-state index in [1.807, 2.05) is 48.5 Å². The molecule has 0 saturated heterocycles. The predicted molar refractivity (Wildman–Crippen MR) is 135 cm³/mol. The van der Waals surface area contributed by atoms with E-state index in [9.17, 15) is 14.3 Å². The number of nitrogens with zero attached hydrogens (tertiary/aromatic N) is 2. The fraction of sp³-hybridized carbons (Fsp3) is 0.333. The fourth-order valence-electron chi connectivity index (χ4n) is 5.73. The van der Waals surface area contributed by atoms with Crippen molar-refractivity contribution in [3.63, 3.8) is 0 Å². The van der Waals surface area contributed by atoms with E-state index < -0.39 is 17.0 Å². The molecule has 0 atom stereocenters. The van der Waals surface area contributed by atoms with Crippen LogP contribution in [0.25, 0.3) is 11.0 Å². The minimum Gasteiger partial charge on any atom is -0.481 e. The summed E-state index contributed by atoms with van der Waals surface area (Å²) in [5, 5.41) is 10.4. The minimum absolute atomic E-state index is 0.368. The molecule has 184 valence electrons. The molecule has 6 heteroatoms. The Kier molecular flexibility index (Phi) is 5.55. The molecular formula is C30H29FN2O3. The zero-order valence-electron chi connectivity index (χ0n) is 20.1. The van der Waals surface area contributed by atoms with Crippen LogP contribution in [0.1, 0.15) is 49.9 Å². The molecule has 3 aromatic carbocycles. The molecule has 2 fully saturated rings. The lowest BCUT2D eigenvalue weighted by atomic mass is 9.64. The van der Waals surface area contributed by atoms with Crippen molar-refractivity contribution in [3.05, 3.63) is 96.1 Å². The van der Waals surface area contributed by atoms with Crippen LogP contribution in [0.5, 0.6) is 5.75 Å². The number of ether oxygens (including phenoxy) is 1. The SMILES string of the molecule is O=C(O)C1(c2ccc(F)cc2)CCC(Oc2ccccc2)(c2nc3ccccc3n2CC2CC2)CC1. The van der Waals surface area contributed by atoms with Crippen molar-refractivity contribution in [2.45, 2.75) is 56.1 Å². The van der Waals surface area contributed by atoms with Gasteiger partial charge in [0.2, 0.25) is 0 Å². The van der Waals surface area contributed by atoms with Gasteiger partial charge in [0, 0.05) is 6.54 Å². The number of halogens is 1. The third-order valence-electron chi connectivity index (χ3n) is 7.97. The number of aliphatic carboxylic acids is 1. The number of carboxylic acids is 1. The van der Waals surface area contributed by atoms with Crippen molar-refractivity contribution in [1.82, 2.24) is 9.55 Å². The van der Waals surface area contributed by atoms with Gasteiger partial charge in [-0.05, 0) is 86.4 Å². The molecule has 4 aromatic rings. The van der Waals surface area contributed by atoms with Crippen LogP contribution >= 0.6 is 0 Å². The number of benzene rings is 3. The van der Waals surface area contributed by atoms with E-state index in [1.165, 1.54) is 25.0 Å². The highest BCUT2D eigenvalue weighted by atomic mass is 19.1. The van der Waals surface area contributed by atoms with Crippen molar-refractivity contribution in [2.75, 3.05) is 0 Å². The molecule has 0 unspecified atom stereocenters. The number of para-hydroxylation sites is 3. The van der Waals surface area contributed by atoms with Crippen molar-refractivity contribution in [2.24, 2.45) is 5.92 Å². The van der Waals surface area contributed by atoms with Gasteiger partial charge in [0.1, 0.15) is 11.6 Å². The third-order valence-corrected chi connectivity index (χ3v) is 7.97. The summed E-state index contributed by atoms with van der Waals surface area (Å²) >= 11 is 0. The Labute approximate surface area is 209 Å². The van der Waals surface area contributed by atoms with Crippen LogP contribution in [0.2, 0.25) is 0 Å². The van der Waals surface area contributed by atoms with Crippen LogP contribution in [0.15, 0.2) is 78.9 Å². The number of rotatable bonds is 7. The summed E-state index contributed by atoms with van der Waals surface area (Å²) in [6.07, 6.45) is 4.14. The first kappa shape index (κ1) is 22.8. The van der Waals surface area contributed by atoms with Crippen LogP contribution in [0.3, 0.4) is 0 Å². The monoisotopic (exact) mass is 484 g/mol. The van der Waals surface area contributed by atoms with Crippen molar-refractivity contribution in [3.8, 4) is 5.75 Å². The molecule has 5 nitrogen and oxygen atoms in total. The molecule has 1 N–H and O–H groups in total. The second-order valence-corrected chi connectivity index (χ2v) is 10.3. The Morgan fingerprint density at radius 1 is 0.944 bits per heavy atom. The molecule has 6 rings (SSSR count). The number of hydrogen-bond acceptors (Lipinski definition) is 3. The third kappa shape index (κ3) is 3.94. The lowest BCUT2D eigenvalue weighted by molar-refractivity contribution is -0.147. The molecule has 2 saturated carbocycles. The van der Waals surface area contributed by atoms with E-state index in [1.54, 1.807) is 12.1 Å². The summed E-state index contributed by atoms with van der Waals surface area (Å²) < 4.78 is 22.7. The maximum atomic E-state index is 13.6. The summed E-state index contributed by atoms with van der Waals surface area (Å²) in [5.74, 6) is 1.00. The highest BCUT2D eigenvalue weighted by Gasteiger charge is 2.52. The van der Waals surface area contributed by atoms with Gasteiger partial charge < -0.3 is 14.4 Å². The van der Waals surface area contributed by atoms with Crippen molar-refractivity contribution >= 4 is 17.0 Å². The van der Waals surface area contributed by atoms with Crippen molar-refractivity contribution < 1.29 is 19.0 Å². The Bertz CT molecular complexity index is 1390. The van der Waals surface area contributed by atoms with Crippen molar-refractivity contribution in [1.29, 1.82) is 0 Å². The standard InChI is InChI=1S/C30H29FN2O3/c31-23-14-12-22(13-15-23)29(28(34)35)16-18-30(19-17-29,36-24-6-2-1-3-7-24)27-32-25-8-4-5-9-26(25)33(27)20-21-10-11-21/h1-9,12-15,21H,10-11,16-20H2,(H,34,35). The molecule has 36 heavy (non-hydrogen) atoms. The van der Waals surface area contributed by atoms with Gasteiger partial charge in [0.15, 0.2) is 11.4 Å². The highest BCUT2D eigenvalue weighted by Crippen LogP contribution is 2.50. The number of fused-ring (bicyclic) bond motifs is 1. The zero-order valence-corrected chi connectivity index (χ0v) is 20.1.